The topological polar surface area (TPSA) is 86.8 Å². The van der Waals surface area contributed by atoms with Gasteiger partial charge in [-0.3, -0.25) is 29.4 Å². The Bertz CT molecular complexity index is 1230. The fourth-order valence-corrected chi connectivity index (χ4v) is 4.76. The first-order valence-corrected chi connectivity index (χ1v) is 11.8. The van der Waals surface area contributed by atoms with Gasteiger partial charge in [0.25, 0.3) is 5.91 Å². The van der Waals surface area contributed by atoms with Crippen LogP contribution in [0.1, 0.15) is 56.7 Å². The maximum absolute atomic E-state index is 12.6. The third kappa shape index (κ3) is 5.11. The van der Waals surface area contributed by atoms with E-state index in [-0.39, 0.29) is 17.7 Å². The average molecular weight is 522 g/mol. The van der Waals surface area contributed by atoms with Crippen LogP contribution in [-0.2, 0) is 22.7 Å². The highest BCUT2D eigenvalue weighted by Crippen LogP contribution is 2.26. The first-order valence-electron chi connectivity index (χ1n) is 11.0. The summed E-state index contributed by atoms with van der Waals surface area (Å²) in [6.07, 6.45) is 2.01. The maximum Gasteiger partial charge on any atom is 0.254 e. The van der Waals surface area contributed by atoms with Crippen molar-refractivity contribution in [3.8, 4) is 11.8 Å². The van der Waals surface area contributed by atoms with Crippen molar-refractivity contribution in [1.29, 1.82) is 0 Å². The first kappa shape index (κ1) is 23.9. The fourth-order valence-electron chi connectivity index (χ4n) is 4.35. The predicted octanol–water partition coefficient (Wildman–Crippen LogP) is 2.90. The molecule has 4 rings (SSSR count). The highest BCUT2D eigenvalue weighted by Gasteiger charge is 2.30. The molecule has 2 aliphatic heterocycles. The summed E-state index contributed by atoms with van der Waals surface area (Å²) in [5.41, 5.74) is 3.70. The zero-order chi connectivity index (χ0) is 24.2. The fraction of sp³-hybridized carbons (Fsp3) is 0.308. The molecule has 2 heterocycles. The van der Waals surface area contributed by atoms with Crippen LogP contribution in [0.15, 0.2) is 40.9 Å². The highest BCUT2D eigenvalue weighted by molar-refractivity contribution is 9.10. The molecule has 2 aromatic carbocycles. The van der Waals surface area contributed by atoms with Gasteiger partial charge in [-0.2, -0.15) is 0 Å². The van der Waals surface area contributed by atoms with E-state index in [1.165, 1.54) is 0 Å². The number of piperidine rings is 1. The number of aldehydes is 1. The van der Waals surface area contributed by atoms with E-state index in [9.17, 15) is 19.2 Å². The molecule has 174 valence electrons. The second-order valence-corrected chi connectivity index (χ2v) is 9.37. The van der Waals surface area contributed by atoms with Crippen LogP contribution < -0.4 is 5.32 Å². The molecule has 34 heavy (non-hydrogen) atoms. The number of likely N-dealkylation sites (N-methyl/N-ethyl adjacent to an activating group) is 1. The van der Waals surface area contributed by atoms with E-state index < -0.39 is 6.04 Å². The lowest BCUT2D eigenvalue weighted by Crippen LogP contribution is -2.51. The van der Waals surface area contributed by atoms with Gasteiger partial charge in [-0.25, -0.2) is 0 Å². The third-order valence-electron chi connectivity index (χ3n) is 6.16. The number of hydrogen-bond acceptors (Lipinski definition) is 5. The molecule has 3 amide bonds. The zero-order valence-electron chi connectivity index (χ0n) is 18.8. The normalized spacial score (nSPS) is 17.3. The third-order valence-corrected chi connectivity index (χ3v) is 6.66. The van der Waals surface area contributed by atoms with Crippen molar-refractivity contribution < 1.29 is 19.2 Å². The lowest BCUT2D eigenvalue weighted by molar-refractivity contribution is -0.137. The van der Waals surface area contributed by atoms with Crippen molar-refractivity contribution in [2.75, 3.05) is 13.6 Å². The minimum atomic E-state index is -0.443. The Kier molecular flexibility index (Phi) is 7.25. The number of hydrogen-bond donors (Lipinski definition) is 1. The number of benzene rings is 2. The minimum Gasteiger partial charge on any atom is -0.333 e. The highest BCUT2D eigenvalue weighted by atomic mass is 79.9. The van der Waals surface area contributed by atoms with Crippen LogP contribution in [-0.4, -0.2) is 53.4 Å². The van der Waals surface area contributed by atoms with E-state index >= 15 is 0 Å². The number of amides is 3. The second kappa shape index (κ2) is 10.3. The van der Waals surface area contributed by atoms with Gasteiger partial charge in [0, 0.05) is 53.6 Å². The van der Waals surface area contributed by atoms with Gasteiger partial charge in [0.1, 0.15) is 6.29 Å². The van der Waals surface area contributed by atoms with Crippen molar-refractivity contribution in [2.24, 2.45) is 0 Å². The Balaban J connectivity index is 1.44. The van der Waals surface area contributed by atoms with Crippen molar-refractivity contribution in [3.63, 3.8) is 0 Å². The molecule has 0 radical (unpaired) electrons. The van der Waals surface area contributed by atoms with Crippen LogP contribution in [0.2, 0.25) is 0 Å². The number of carbonyl (C=O) groups is 4. The SMILES string of the molecule is CN(Cc1c(C#CCCN2Cc3cc(Br)ccc3C2=O)cccc1C=O)C1CCC(=O)NC1=O. The second-order valence-electron chi connectivity index (χ2n) is 8.45. The van der Waals surface area contributed by atoms with E-state index in [0.29, 0.717) is 50.0 Å². The van der Waals surface area contributed by atoms with Gasteiger partial charge in [0.15, 0.2) is 0 Å². The van der Waals surface area contributed by atoms with Crippen LogP contribution in [0, 0.1) is 11.8 Å². The molecule has 0 aliphatic carbocycles. The number of nitrogens with one attached hydrogen (secondary N) is 1. The van der Waals surface area contributed by atoms with Gasteiger partial charge in [0.05, 0.1) is 6.04 Å². The maximum atomic E-state index is 12.6. The van der Waals surface area contributed by atoms with Gasteiger partial charge in [-0.15, -0.1) is 0 Å². The molecule has 1 fully saturated rings. The molecule has 2 aromatic rings. The van der Waals surface area contributed by atoms with Gasteiger partial charge in [0.2, 0.25) is 11.8 Å². The van der Waals surface area contributed by atoms with Crippen LogP contribution in [0.5, 0.6) is 0 Å². The number of imide groups is 1. The molecule has 0 saturated carbocycles. The smallest absolute Gasteiger partial charge is 0.254 e. The molecule has 0 bridgehead atoms. The number of rotatable bonds is 6. The first-order chi connectivity index (χ1) is 16.4. The Hall–Kier alpha value is -3.28. The Labute approximate surface area is 206 Å². The number of fused-ring (bicyclic) bond motifs is 1. The molecular weight excluding hydrogens is 498 g/mol. The Morgan fingerprint density at radius 3 is 2.82 bits per heavy atom. The number of halogens is 1. The molecule has 1 saturated heterocycles. The van der Waals surface area contributed by atoms with Crippen molar-refractivity contribution in [1.82, 2.24) is 15.1 Å². The molecule has 0 spiro atoms. The summed E-state index contributed by atoms with van der Waals surface area (Å²) in [6.45, 7) is 1.43. The quantitative estimate of drug-likeness (QED) is 0.358. The summed E-state index contributed by atoms with van der Waals surface area (Å²) in [6, 6.07) is 10.6. The number of carbonyl (C=O) groups excluding carboxylic acids is 4. The minimum absolute atomic E-state index is 0.0128. The Morgan fingerprint density at radius 1 is 1.24 bits per heavy atom. The van der Waals surface area contributed by atoms with Crippen LogP contribution in [0.25, 0.3) is 0 Å². The van der Waals surface area contributed by atoms with Crippen LogP contribution in [0.4, 0.5) is 0 Å². The lowest BCUT2D eigenvalue weighted by Gasteiger charge is -2.30. The molecule has 0 aromatic heterocycles. The molecule has 7 nitrogen and oxygen atoms in total. The summed E-state index contributed by atoms with van der Waals surface area (Å²) < 4.78 is 0.950. The molecular formula is C26H24BrN3O4. The van der Waals surface area contributed by atoms with E-state index in [2.05, 4.69) is 33.1 Å². The summed E-state index contributed by atoms with van der Waals surface area (Å²) in [5, 5.41) is 2.37. The monoisotopic (exact) mass is 521 g/mol. The average Bonchev–Trinajstić information content (AvgIpc) is 3.11. The lowest BCUT2D eigenvalue weighted by atomic mass is 9.99. The van der Waals surface area contributed by atoms with E-state index in [4.69, 9.17) is 0 Å². The van der Waals surface area contributed by atoms with Crippen molar-refractivity contribution in [2.45, 2.75) is 38.4 Å². The summed E-state index contributed by atoms with van der Waals surface area (Å²) in [5.74, 6) is 5.71. The molecule has 8 heteroatoms. The molecule has 1 N–H and O–H groups in total. The molecule has 1 atom stereocenters. The number of nitrogens with zero attached hydrogens (tertiary/aromatic N) is 2. The molecule has 2 aliphatic rings. The van der Waals surface area contributed by atoms with E-state index in [1.54, 1.807) is 24.1 Å². The van der Waals surface area contributed by atoms with Gasteiger partial charge < -0.3 is 4.90 Å². The van der Waals surface area contributed by atoms with Crippen LogP contribution in [0.3, 0.4) is 0 Å². The van der Waals surface area contributed by atoms with E-state index in [0.717, 1.165) is 27.4 Å². The van der Waals surface area contributed by atoms with Crippen molar-refractivity contribution in [3.05, 3.63) is 68.7 Å². The van der Waals surface area contributed by atoms with Crippen LogP contribution >= 0.6 is 15.9 Å². The molecule has 1 unspecified atom stereocenters. The zero-order valence-corrected chi connectivity index (χ0v) is 20.4. The van der Waals surface area contributed by atoms with Gasteiger partial charge >= 0.3 is 0 Å². The van der Waals surface area contributed by atoms with E-state index in [1.807, 2.05) is 29.2 Å². The summed E-state index contributed by atoms with van der Waals surface area (Å²) in [7, 11) is 1.80. The van der Waals surface area contributed by atoms with Gasteiger partial charge in [-0.1, -0.05) is 39.9 Å². The summed E-state index contributed by atoms with van der Waals surface area (Å²) in [4.78, 5) is 51.6. The van der Waals surface area contributed by atoms with Crippen molar-refractivity contribution >= 4 is 39.9 Å². The largest absolute Gasteiger partial charge is 0.333 e. The predicted molar refractivity (Wildman–Crippen MR) is 130 cm³/mol. The summed E-state index contributed by atoms with van der Waals surface area (Å²) >= 11 is 3.44. The Morgan fingerprint density at radius 2 is 2.06 bits per heavy atom. The standard InChI is InChI=1S/C26H24BrN3O4/c1-29(23-10-11-24(32)28-25(23)33)15-22-17(6-4-7-18(22)16-31)5-2-3-12-30-14-19-13-20(27)8-9-21(19)26(30)34/h4,6-9,13,16,23H,3,10-12,14-15H2,1H3,(H,28,32,33). The van der Waals surface area contributed by atoms with Gasteiger partial charge in [-0.05, 0) is 48.9 Å².